The molecule has 5 nitrogen and oxygen atoms in total. The van der Waals surface area contributed by atoms with Crippen LogP contribution in [0.3, 0.4) is 0 Å². The smallest absolute Gasteiger partial charge is 0.229 e. The van der Waals surface area contributed by atoms with Crippen molar-refractivity contribution in [1.82, 2.24) is 4.90 Å². The standard InChI is InChI=1S/C21H23ClN2O3/c1-14(2)27-19-6-4-3-5-18(19)23-21(26)16-11-20(25)24(13-16)12-15-7-9-17(22)10-8-15/h3-10,14,16H,11-13H2,1-2H3,(H,23,26). The van der Waals surface area contributed by atoms with E-state index in [2.05, 4.69) is 5.32 Å². The molecule has 1 aliphatic heterocycles. The average molecular weight is 387 g/mol. The van der Waals surface area contributed by atoms with E-state index in [1.165, 1.54) is 0 Å². The summed E-state index contributed by atoms with van der Waals surface area (Å²) < 4.78 is 5.74. The minimum atomic E-state index is -0.378. The van der Waals surface area contributed by atoms with Gasteiger partial charge >= 0.3 is 0 Å². The summed E-state index contributed by atoms with van der Waals surface area (Å²) in [4.78, 5) is 26.7. The van der Waals surface area contributed by atoms with Crippen LogP contribution in [0.4, 0.5) is 5.69 Å². The molecule has 2 aromatic carbocycles. The van der Waals surface area contributed by atoms with Crippen molar-refractivity contribution in [2.45, 2.75) is 32.9 Å². The van der Waals surface area contributed by atoms with Gasteiger partial charge in [-0.25, -0.2) is 0 Å². The van der Waals surface area contributed by atoms with Gasteiger partial charge in [0.25, 0.3) is 0 Å². The molecule has 27 heavy (non-hydrogen) atoms. The summed E-state index contributed by atoms with van der Waals surface area (Å²) in [5.74, 6) is 0.0682. The SMILES string of the molecule is CC(C)Oc1ccccc1NC(=O)C1CC(=O)N(Cc2ccc(Cl)cc2)C1. The van der Waals surface area contributed by atoms with Gasteiger partial charge in [0.1, 0.15) is 5.75 Å². The Balaban J connectivity index is 1.63. The summed E-state index contributed by atoms with van der Waals surface area (Å²) in [6.07, 6.45) is 0.220. The molecule has 1 fully saturated rings. The van der Waals surface area contributed by atoms with Crippen molar-refractivity contribution in [2.24, 2.45) is 5.92 Å². The number of ether oxygens (including phenoxy) is 1. The summed E-state index contributed by atoms with van der Waals surface area (Å²) in [5.41, 5.74) is 1.62. The highest BCUT2D eigenvalue weighted by Gasteiger charge is 2.34. The molecule has 142 valence electrons. The number of hydrogen-bond donors (Lipinski definition) is 1. The van der Waals surface area contributed by atoms with Crippen molar-refractivity contribution >= 4 is 29.1 Å². The van der Waals surface area contributed by atoms with Gasteiger partial charge in [0.2, 0.25) is 11.8 Å². The van der Waals surface area contributed by atoms with Crippen LogP contribution in [0.1, 0.15) is 25.8 Å². The van der Waals surface area contributed by atoms with Gasteiger partial charge in [0.15, 0.2) is 0 Å². The topological polar surface area (TPSA) is 58.6 Å². The fourth-order valence-electron chi connectivity index (χ4n) is 3.07. The number of nitrogens with one attached hydrogen (secondary N) is 1. The number of hydrogen-bond acceptors (Lipinski definition) is 3. The number of halogens is 1. The van der Waals surface area contributed by atoms with Crippen LogP contribution in [-0.4, -0.2) is 29.4 Å². The van der Waals surface area contributed by atoms with Gasteiger partial charge in [-0.3, -0.25) is 9.59 Å². The maximum absolute atomic E-state index is 12.7. The Morgan fingerprint density at radius 2 is 1.93 bits per heavy atom. The lowest BCUT2D eigenvalue weighted by Gasteiger charge is -2.18. The quantitative estimate of drug-likeness (QED) is 0.812. The van der Waals surface area contributed by atoms with Gasteiger partial charge in [-0.2, -0.15) is 0 Å². The zero-order chi connectivity index (χ0) is 19.4. The molecule has 0 bridgehead atoms. The van der Waals surface area contributed by atoms with Crippen LogP contribution in [0.25, 0.3) is 0 Å². The zero-order valence-corrected chi connectivity index (χ0v) is 16.2. The lowest BCUT2D eigenvalue weighted by atomic mass is 10.1. The Hall–Kier alpha value is -2.53. The summed E-state index contributed by atoms with van der Waals surface area (Å²) in [6, 6.07) is 14.7. The first kappa shape index (κ1) is 19.2. The largest absolute Gasteiger partial charge is 0.489 e. The van der Waals surface area contributed by atoms with Crippen LogP contribution in [0.5, 0.6) is 5.75 Å². The minimum absolute atomic E-state index is 0.00553. The minimum Gasteiger partial charge on any atom is -0.489 e. The highest BCUT2D eigenvalue weighted by atomic mass is 35.5. The number of benzene rings is 2. The molecule has 0 saturated carbocycles. The number of para-hydroxylation sites is 2. The second-order valence-electron chi connectivity index (χ2n) is 6.95. The van der Waals surface area contributed by atoms with Crippen LogP contribution in [-0.2, 0) is 16.1 Å². The number of carbonyl (C=O) groups is 2. The van der Waals surface area contributed by atoms with Gasteiger partial charge < -0.3 is 15.0 Å². The van der Waals surface area contributed by atoms with Crippen LogP contribution in [0.2, 0.25) is 5.02 Å². The Morgan fingerprint density at radius 1 is 1.22 bits per heavy atom. The molecule has 1 heterocycles. The third-order valence-electron chi connectivity index (χ3n) is 4.38. The van der Waals surface area contributed by atoms with Crippen LogP contribution >= 0.6 is 11.6 Å². The Labute approximate surface area is 164 Å². The molecular formula is C21H23ClN2O3. The fourth-order valence-corrected chi connectivity index (χ4v) is 3.20. The van der Waals surface area contributed by atoms with Crippen molar-refractivity contribution in [2.75, 3.05) is 11.9 Å². The Kier molecular flexibility index (Phi) is 6.01. The number of amides is 2. The monoisotopic (exact) mass is 386 g/mol. The molecule has 2 amide bonds. The zero-order valence-electron chi connectivity index (χ0n) is 15.4. The van der Waals surface area contributed by atoms with E-state index in [1.807, 2.05) is 44.2 Å². The van der Waals surface area contributed by atoms with Crippen LogP contribution < -0.4 is 10.1 Å². The van der Waals surface area contributed by atoms with Crippen LogP contribution in [0.15, 0.2) is 48.5 Å². The van der Waals surface area contributed by atoms with Gasteiger partial charge in [0, 0.05) is 24.5 Å². The predicted octanol–water partition coefficient (Wildman–Crippen LogP) is 4.11. The van der Waals surface area contributed by atoms with E-state index in [0.29, 0.717) is 29.5 Å². The van der Waals surface area contributed by atoms with Gasteiger partial charge in [-0.05, 0) is 43.7 Å². The summed E-state index contributed by atoms with van der Waals surface area (Å²) >= 11 is 5.90. The molecule has 1 N–H and O–H groups in total. The number of likely N-dealkylation sites (tertiary alicyclic amines) is 1. The number of carbonyl (C=O) groups excluding carboxylic acids is 2. The summed E-state index contributed by atoms with van der Waals surface area (Å²) in [5, 5.41) is 3.57. The first-order chi connectivity index (χ1) is 12.9. The van der Waals surface area contributed by atoms with E-state index in [0.717, 1.165) is 5.56 Å². The van der Waals surface area contributed by atoms with E-state index < -0.39 is 0 Å². The molecule has 3 rings (SSSR count). The predicted molar refractivity (Wildman–Crippen MR) is 106 cm³/mol. The van der Waals surface area contributed by atoms with Crippen LogP contribution in [0, 0.1) is 5.92 Å². The molecule has 0 aromatic heterocycles. The van der Waals surface area contributed by atoms with Crippen molar-refractivity contribution in [1.29, 1.82) is 0 Å². The molecule has 2 aromatic rings. The molecule has 6 heteroatoms. The highest BCUT2D eigenvalue weighted by Crippen LogP contribution is 2.27. The second-order valence-corrected chi connectivity index (χ2v) is 7.39. The van der Waals surface area contributed by atoms with E-state index in [1.54, 1.807) is 23.1 Å². The summed E-state index contributed by atoms with van der Waals surface area (Å²) in [7, 11) is 0. The molecule has 1 atom stereocenters. The number of nitrogens with zero attached hydrogens (tertiary/aromatic N) is 1. The normalized spacial score (nSPS) is 16.7. The lowest BCUT2D eigenvalue weighted by molar-refractivity contribution is -0.128. The van der Waals surface area contributed by atoms with Crippen molar-refractivity contribution in [3.8, 4) is 5.75 Å². The Bertz CT molecular complexity index is 820. The first-order valence-corrected chi connectivity index (χ1v) is 9.39. The highest BCUT2D eigenvalue weighted by molar-refractivity contribution is 6.30. The van der Waals surface area contributed by atoms with E-state index in [9.17, 15) is 9.59 Å². The van der Waals surface area contributed by atoms with Crippen molar-refractivity contribution in [3.63, 3.8) is 0 Å². The fraction of sp³-hybridized carbons (Fsp3) is 0.333. The molecular weight excluding hydrogens is 364 g/mol. The van der Waals surface area contributed by atoms with E-state index in [-0.39, 0.29) is 30.3 Å². The van der Waals surface area contributed by atoms with E-state index in [4.69, 9.17) is 16.3 Å². The van der Waals surface area contributed by atoms with Crippen molar-refractivity contribution in [3.05, 3.63) is 59.1 Å². The molecule has 0 spiro atoms. The maximum Gasteiger partial charge on any atom is 0.229 e. The number of rotatable bonds is 6. The van der Waals surface area contributed by atoms with E-state index >= 15 is 0 Å². The molecule has 1 aliphatic rings. The summed E-state index contributed by atoms with van der Waals surface area (Å²) in [6.45, 7) is 4.75. The Morgan fingerprint density at radius 3 is 2.63 bits per heavy atom. The van der Waals surface area contributed by atoms with Gasteiger partial charge in [-0.1, -0.05) is 35.9 Å². The average Bonchev–Trinajstić information content (AvgIpc) is 2.99. The van der Waals surface area contributed by atoms with Gasteiger partial charge in [-0.15, -0.1) is 0 Å². The molecule has 1 unspecified atom stereocenters. The second kappa shape index (κ2) is 8.44. The molecule has 0 aliphatic carbocycles. The van der Waals surface area contributed by atoms with Gasteiger partial charge in [0.05, 0.1) is 17.7 Å². The third-order valence-corrected chi connectivity index (χ3v) is 4.63. The lowest BCUT2D eigenvalue weighted by Crippen LogP contribution is -2.28. The first-order valence-electron chi connectivity index (χ1n) is 9.01. The number of anilines is 1. The maximum atomic E-state index is 12.7. The molecule has 0 radical (unpaired) electrons. The molecule has 1 saturated heterocycles. The third kappa shape index (κ3) is 5.01. The van der Waals surface area contributed by atoms with Crippen molar-refractivity contribution < 1.29 is 14.3 Å².